The van der Waals surface area contributed by atoms with Crippen LogP contribution in [0.25, 0.3) is 0 Å². The largest absolute Gasteiger partial charge is 0.416 e. The van der Waals surface area contributed by atoms with Crippen LogP contribution in [0.15, 0.2) is 12.1 Å². The van der Waals surface area contributed by atoms with Crippen LogP contribution in [-0.2, 0) is 15.7 Å². The minimum atomic E-state index is -4.42. The van der Waals surface area contributed by atoms with Crippen LogP contribution in [0, 0.1) is 0 Å². The van der Waals surface area contributed by atoms with E-state index in [1.807, 2.05) is 0 Å². The zero-order valence-corrected chi connectivity index (χ0v) is 11.5. The van der Waals surface area contributed by atoms with Gasteiger partial charge in [-0.1, -0.05) is 0 Å². The predicted molar refractivity (Wildman–Crippen MR) is 69.9 cm³/mol. The SMILES string of the molecule is CNc1cc(C(F)(F)F)cc(NCC(COC)OC)n1. The van der Waals surface area contributed by atoms with Crippen LogP contribution < -0.4 is 10.6 Å². The van der Waals surface area contributed by atoms with Crippen molar-refractivity contribution in [1.29, 1.82) is 0 Å². The van der Waals surface area contributed by atoms with E-state index in [2.05, 4.69) is 15.6 Å². The first-order chi connectivity index (χ1) is 9.40. The number of pyridine rings is 1. The van der Waals surface area contributed by atoms with E-state index in [0.717, 1.165) is 12.1 Å². The van der Waals surface area contributed by atoms with Crippen LogP contribution in [0.4, 0.5) is 24.8 Å². The fourth-order valence-corrected chi connectivity index (χ4v) is 1.53. The third-order valence-corrected chi connectivity index (χ3v) is 2.61. The normalized spacial score (nSPS) is 13.1. The van der Waals surface area contributed by atoms with Crippen LogP contribution in [0.2, 0.25) is 0 Å². The molecule has 1 atom stereocenters. The number of methoxy groups -OCH3 is 2. The van der Waals surface area contributed by atoms with Crippen molar-refractivity contribution in [3.05, 3.63) is 17.7 Å². The fourth-order valence-electron chi connectivity index (χ4n) is 1.53. The number of rotatable bonds is 7. The topological polar surface area (TPSA) is 55.4 Å². The van der Waals surface area contributed by atoms with Crippen LogP contribution >= 0.6 is 0 Å². The summed E-state index contributed by atoms with van der Waals surface area (Å²) < 4.78 is 48.3. The summed E-state index contributed by atoms with van der Waals surface area (Å²) in [6.07, 6.45) is -4.69. The molecule has 114 valence electrons. The number of nitrogens with one attached hydrogen (secondary N) is 2. The quantitative estimate of drug-likeness (QED) is 0.807. The van der Waals surface area contributed by atoms with Gasteiger partial charge in [-0.25, -0.2) is 4.98 Å². The van der Waals surface area contributed by atoms with Gasteiger partial charge in [-0.3, -0.25) is 0 Å². The number of hydrogen-bond acceptors (Lipinski definition) is 5. The minimum Gasteiger partial charge on any atom is -0.382 e. The number of hydrogen-bond donors (Lipinski definition) is 2. The molecule has 8 heteroatoms. The first-order valence-electron chi connectivity index (χ1n) is 5.93. The third-order valence-electron chi connectivity index (χ3n) is 2.61. The molecule has 1 heterocycles. The van der Waals surface area contributed by atoms with Crippen molar-refractivity contribution in [3.63, 3.8) is 0 Å². The summed E-state index contributed by atoms with van der Waals surface area (Å²) in [6, 6.07) is 1.91. The second kappa shape index (κ2) is 7.30. The molecule has 20 heavy (non-hydrogen) atoms. The van der Waals surface area contributed by atoms with E-state index in [-0.39, 0.29) is 17.7 Å². The van der Waals surface area contributed by atoms with E-state index < -0.39 is 11.7 Å². The van der Waals surface area contributed by atoms with Gasteiger partial charge >= 0.3 is 6.18 Å². The lowest BCUT2D eigenvalue weighted by Gasteiger charge is -2.17. The van der Waals surface area contributed by atoms with E-state index in [0.29, 0.717) is 13.2 Å². The lowest BCUT2D eigenvalue weighted by molar-refractivity contribution is -0.137. The van der Waals surface area contributed by atoms with E-state index in [4.69, 9.17) is 9.47 Å². The number of ether oxygens (including phenoxy) is 2. The summed E-state index contributed by atoms with van der Waals surface area (Å²) >= 11 is 0. The number of alkyl halides is 3. The number of halogens is 3. The molecule has 0 amide bonds. The van der Waals surface area contributed by atoms with Gasteiger partial charge in [-0.15, -0.1) is 0 Å². The van der Waals surface area contributed by atoms with Crippen molar-refractivity contribution >= 4 is 11.6 Å². The van der Waals surface area contributed by atoms with Gasteiger partial charge in [-0.2, -0.15) is 13.2 Å². The molecule has 1 aromatic heterocycles. The Bertz CT molecular complexity index is 427. The lowest BCUT2D eigenvalue weighted by atomic mass is 10.2. The molecule has 0 spiro atoms. The van der Waals surface area contributed by atoms with Gasteiger partial charge < -0.3 is 20.1 Å². The van der Waals surface area contributed by atoms with E-state index in [1.54, 1.807) is 0 Å². The Hall–Kier alpha value is -1.54. The highest BCUT2D eigenvalue weighted by Crippen LogP contribution is 2.31. The fraction of sp³-hybridized carbons (Fsp3) is 0.583. The average Bonchev–Trinajstić information content (AvgIpc) is 2.42. The first-order valence-corrected chi connectivity index (χ1v) is 5.93. The van der Waals surface area contributed by atoms with E-state index >= 15 is 0 Å². The molecule has 0 fully saturated rings. The lowest BCUT2D eigenvalue weighted by Crippen LogP contribution is -2.27. The molecule has 0 aliphatic carbocycles. The standard InChI is InChI=1S/C12H18F3N3O2/c1-16-10-4-8(12(13,14)15)5-11(18-10)17-6-9(20-3)7-19-2/h4-5,9H,6-7H2,1-3H3,(H2,16,17,18). The molecule has 0 saturated heterocycles. The number of anilines is 2. The molecular formula is C12H18F3N3O2. The average molecular weight is 293 g/mol. The monoisotopic (exact) mass is 293 g/mol. The van der Waals surface area contributed by atoms with E-state index in [9.17, 15) is 13.2 Å². The zero-order valence-electron chi connectivity index (χ0n) is 11.5. The Balaban J connectivity index is 2.84. The third kappa shape index (κ3) is 4.86. The van der Waals surface area contributed by atoms with E-state index in [1.165, 1.54) is 21.3 Å². The maximum absolute atomic E-state index is 12.7. The second-order valence-electron chi connectivity index (χ2n) is 4.07. The summed E-state index contributed by atoms with van der Waals surface area (Å²) in [5.41, 5.74) is -0.764. The Labute approximate surface area is 115 Å². The van der Waals surface area contributed by atoms with Crippen molar-refractivity contribution in [2.45, 2.75) is 12.3 Å². The Morgan fingerprint density at radius 3 is 2.40 bits per heavy atom. The molecule has 1 rings (SSSR count). The predicted octanol–water partition coefficient (Wildman–Crippen LogP) is 2.22. The Morgan fingerprint density at radius 1 is 1.25 bits per heavy atom. The van der Waals surface area contributed by atoms with Gasteiger partial charge in [0.15, 0.2) is 0 Å². The van der Waals surface area contributed by atoms with Gasteiger partial charge in [0.1, 0.15) is 11.6 Å². The molecule has 0 aliphatic rings. The van der Waals surface area contributed by atoms with Crippen LogP contribution in [-0.4, -0.2) is 45.5 Å². The molecule has 1 unspecified atom stereocenters. The molecule has 5 nitrogen and oxygen atoms in total. The van der Waals surface area contributed by atoms with Crippen molar-refractivity contribution in [1.82, 2.24) is 4.98 Å². The molecule has 0 aromatic carbocycles. The van der Waals surface area contributed by atoms with Crippen molar-refractivity contribution < 1.29 is 22.6 Å². The van der Waals surface area contributed by atoms with Crippen LogP contribution in [0.3, 0.4) is 0 Å². The molecule has 0 radical (unpaired) electrons. The highest BCUT2D eigenvalue weighted by Gasteiger charge is 2.31. The molecule has 1 aromatic rings. The van der Waals surface area contributed by atoms with Gasteiger partial charge in [0.2, 0.25) is 0 Å². The summed E-state index contributed by atoms with van der Waals surface area (Å²) in [5, 5.41) is 5.41. The Morgan fingerprint density at radius 2 is 1.90 bits per heavy atom. The summed E-state index contributed by atoms with van der Waals surface area (Å²) in [6.45, 7) is 0.628. The minimum absolute atomic E-state index is 0.127. The zero-order chi connectivity index (χ0) is 15.2. The maximum atomic E-state index is 12.7. The molecule has 0 saturated carbocycles. The van der Waals surface area contributed by atoms with Gasteiger partial charge in [0.05, 0.1) is 18.3 Å². The molecular weight excluding hydrogens is 275 g/mol. The highest BCUT2D eigenvalue weighted by atomic mass is 19.4. The summed E-state index contributed by atoms with van der Waals surface area (Å²) in [4.78, 5) is 4.01. The molecule has 2 N–H and O–H groups in total. The van der Waals surface area contributed by atoms with Crippen molar-refractivity contribution in [2.24, 2.45) is 0 Å². The van der Waals surface area contributed by atoms with Gasteiger partial charge in [0.25, 0.3) is 0 Å². The molecule has 0 aliphatic heterocycles. The first kappa shape index (κ1) is 16.5. The van der Waals surface area contributed by atoms with Gasteiger partial charge in [0, 0.05) is 27.8 Å². The van der Waals surface area contributed by atoms with Crippen molar-refractivity contribution in [2.75, 3.05) is 45.1 Å². The summed E-state index contributed by atoms with van der Waals surface area (Å²) in [5.74, 6) is 0.269. The second-order valence-corrected chi connectivity index (χ2v) is 4.07. The Kier molecular flexibility index (Phi) is 6.03. The van der Waals surface area contributed by atoms with Crippen LogP contribution in [0.5, 0.6) is 0 Å². The smallest absolute Gasteiger partial charge is 0.382 e. The number of aromatic nitrogens is 1. The number of nitrogens with zero attached hydrogens (tertiary/aromatic N) is 1. The maximum Gasteiger partial charge on any atom is 0.416 e. The van der Waals surface area contributed by atoms with Crippen molar-refractivity contribution in [3.8, 4) is 0 Å². The van der Waals surface area contributed by atoms with Crippen LogP contribution in [0.1, 0.15) is 5.56 Å². The van der Waals surface area contributed by atoms with Gasteiger partial charge in [-0.05, 0) is 12.1 Å². The molecule has 0 bridgehead atoms. The summed E-state index contributed by atoms with van der Waals surface area (Å²) in [7, 11) is 4.53. The highest BCUT2D eigenvalue weighted by molar-refractivity contribution is 5.49.